The van der Waals surface area contributed by atoms with E-state index in [2.05, 4.69) is 41.1 Å². The standard InChI is InChI=1S/C15H27N5/c1-4-6-12-13(19-16)17-11-18-14(12)20-9-5-7-15(2,3)8-10-20/h11H,4-10,16H2,1-3H3,(H,17,18,19). The maximum absolute atomic E-state index is 5.59. The molecule has 1 aromatic heterocycles. The number of anilines is 2. The fourth-order valence-corrected chi connectivity index (χ4v) is 2.91. The lowest BCUT2D eigenvalue weighted by molar-refractivity contribution is 0.325. The Hall–Kier alpha value is -1.36. The molecule has 1 aromatic rings. The highest BCUT2D eigenvalue weighted by Crippen LogP contribution is 2.33. The van der Waals surface area contributed by atoms with Crippen LogP contribution in [0.2, 0.25) is 0 Å². The SMILES string of the molecule is CCCc1c(NN)ncnc1N1CCCC(C)(C)CC1. The number of nitrogens with two attached hydrogens (primary N) is 1. The van der Waals surface area contributed by atoms with Gasteiger partial charge in [0.15, 0.2) is 0 Å². The summed E-state index contributed by atoms with van der Waals surface area (Å²) in [6, 6.07) is 0. The highest BCUT2D eigenvalue weighted by Gasteiger charge is 2.25. The first-order valence-corrected chi connectivity index (χ1v) is 7.63. The van der Waals surface area contributed by atoms with Crippen LogP contribution in [0.15, 0.2) is 6.33 Å². The Labute approximate surface area is 121 Å². The topological polar surface area (TPSA) is 67.1 Å². The van der Waals surface area contributed by atoms with Crippen molar-refractivity contribution in [1.82, 2.24) is 9.97 Å². The quantitative estimate of drug-likeness (QED) is 0.654. The molecule has 0 bridgehead atoms. The maximum Gasteiger partial charge on any atom is 0.148 e. The van der Waals surface area contributed by atoms with Crippen LogP contribution in [0.3, 0.4) is 0 Å². The van der Waals surface area contributed by atoms with Crippen molar-refractivity contribution in [3.63, 3.8) is 0 Å². The van der Waals surface area contributed by atoms with Gasteiger partial charge in [-0.3, -0.25) is 0 Å². The molecule has 20 heavy (non-hydrogen) atoms. The van der Waals surface area contributed by atoms with E-state index in [9.17, 15) is 0 Å². The Morgan fingerprint density at radius 3 is 2.80 bits per heavy atom. The minimum absolute atomic E-state index is 0.432. The van der Waals surface area contributed by atoms with Crippen LogP contribution in [0.5, 0.6) is 0 Å². The predicted octanol–water partition coefficient (Wildman–Crippen LogP) is 2.73. The third-order valence-electron chi connectivity index (χ3n) is 4.20. The summed E-state index contributed by atoms with van der Waals surface area (Å²) in [7, 11) is 0. The number of aromatic nitrogens is 2. The van der Waals surface area contributed by atoms with Crippen LogP contribution in [-0.4, -0.2) is 23.1 Å². The molecule has 2 heterocycles. The fourth-order valence-electron chi connectivity index (χ4n) is 2.91. The molecule has 1 saturated heterocycles. The molecule has 3 N–H and O–H groups in total. The van der Waals surface area contributed by atoms with Crippen molar-refractivity contribution >= 4 is 11.6 Å². The van der Waals surface area contributed by atoms with E-state index >= 15 is 0 Å². The van der Waals surface area contributed by atoms with Gasteiger partial charge in [-0.05, 0) is 31.1 Å². The summed E-state index contributed by atoms with van der Waals surface area (Å²) in [6.07, 6.45) is 7.32. The van der Waals surface area contributed by atoms with Gasteiger partial charge in [0.2, 0.25) is 0 Å². The monoisotopic (exact) mass is 277 g/mol. The van der Waals surface area contributed by atoms with Gasteiger partial charge < -0.3 is 10.3 Å². The van der Waals surface area contributed by atoms with Crippen LogP contribution < -0.4 is 16.2 Å². The van der Waals surface area contributed by atoms with E-state index in [1.807, 2.05) is 0 Å². The second-order valence-electron chi connectivity index (χ2n) is 6.42. The lowest BCUT2D eigenvalue weighted by atomic mass is 9.85. The molecule has 0 spiro atoms. The number of hydrogen-bond donors (Lipinski definition) is 2. The summed E-state index contributed by atoms with van der Waals surface area (Å²) in [4.78, 5) is 11.2. The van der Waals surface area contributed by atoms with Gasteiger partial charge in [-0.25, -0.2) is 15.8 Å². The second kappa shape index (κ2) is 6.39. The summed E-state index contributed by atoms with van der Waals surface area (Å²) in [6.45, 7) is 9.02. The van der Waals surface area contributed by atoms with Crippen molar-refractivity contribution in [3.8, 4) is 0 Å². The molecular formula is C15H27N5. The molecule has 1 aliphatic rings. The normalized spacial score (nSPS) is 18.7. The van der Waals surface area contributed by atoms with Gasteiger partial charge in [0.05, 0.1) is 0 Å². The van der Waals surface area contributed by atoms with Crippen molar-refractivity contribution in [2.75, 3.05) is 23.4 Å². The van der Waals surface area contributed by atoms with Crippen molar-refractivity contribution in [2.45, 2.75) is 52.9 Å². The average molecular weight is 277 g/mol. The average Bonchev–Trinajstić information content (AvgIpc) is 2.60. The van der Waals surface area contributed by atoms with E-state index in [-0.39, 0.29) is 0 Å². The zero-order chi connectivity index (χ0) is 14.6. The minimum atomic E-state index is 0.432. The van der Waals surface area contributed by atoms with E-state index in [4.69, 9.17) is 5.84 Å². The molecule has 1 aliphatic heterocycles. The van der Waals surface area contributed by atoms with Gasteiger partial charge in [-0.2, -0.15) is 0 Å². The Kier molecular flexibility index (Phi) is 4.81. The van der Waals surface area contributed by atoms with E-state index in [1.165, 1.54) is 19.3 Å². The summed E-state index contributed by atoms with van der Waals surface area (Å²) in [5, 5.41) is 0. The Bertz CT molecular complexity index is 444. The minimum Gasteiger partial charge on any atom is -0.356 e. The van der Waals surface area contributed by atoms with Crippen molar-refractivity contribution in [3.05, 3.63) is 11.9 Å². The lowest BCUT2D eigenvalue weighted by Gasteiger charge is -2.26. The zero-order valence-corrected chi connectivity index (χ0v) is 12.9. The highest BCUT2D eigenvalue weighted by atomic mass is 15.3. The molecule has 112 valence electrons. The number of rotatable bonds is 4. The highest BCUT2D eigenvalue weighted by molar-refractivity contribution is 5.58. The number of nitrogens with one attached hydrogen (secondary N) is 1. The van der Waals surface area contributed by atoms with Gasteiger partial charge in [-0.1, -0.05) is 27.2 Å². The lowest BCUT2D eigenvalue weighted by Crippen LogP contribution is -2.28. The molecular weight excluding hydrogens is 250 g/mol. The molecule has 2 rings (SSSR count). The molecule has 0 unspecified atom stereocenters. The summed E-state index contributed by atoms with van der Waals surface area (Å²) in [5.74, 6) is 7.42. The van der Waals surface area contributed by atoms with Crippen molar-refractivity contribution in [1.29, 1.82) is 0 Å². The van der Waals surface area contributed by atoms with Crippen LogP contribution in [0.25, 0.3) is 0 Å². The molecule has 0 saturated carbocycles. The summed E-state index contributed by atoms with van der Waals surface area (Å²) in [5.41, 5.74) is 4.30. The Morgan fingerprint density at radius 1 is 1.30 bits per heavy atom. The van der Waals surface area contributed by atoms with Crippen LogP contribution in [0.1, 0.15) is 52.0 Å². The second-order valence-corrected chi connectivity index (χ2v) is 6.42. The van der Waals surface area contributed by atoms with Gasteiger partial charge in [-0.15, -0.1) is 0 Å². The first kappa shape index (κ1) is 15.0. The largest absolute Gasteiger partial charge is 0.356 e. The molecule has 0 atom stereocenters. The fraction of sp³-hybridized carbons (Fsp3) is 0.733. The van der Waals surface area contributed by atoms with E-state index in [0.29, 0.717) is 5.41 Å². The first-order valence-electron chi connectivity index (χ1n) is 7.63. The van der Waals surface area contributed by atoms with Crippen LogP contribution in [0.4, 0.5) is 11.6 Å². The molecule has 0 aliphatic carbocycles. The van der Waals surface area contributed by atoms with Gasteiger partial charge in [0.1, 0.15) is 18.0 Å². The predicted molar refractivity (Wildman–Crippen MR) is 83.7 cm³/mol. The zero-order valence-electron chi connectivity index (χ0n) is 12.9. The first-order chi connectivity index (χ1) is 9.57. The van der Waals surface area contributed by atoms with Crippen LogP contribution in [0, 0.1) is 5.41 Å². The van der Waals surface area contributed by atoms with Crippen molar-refractivity contribution in [2.24, 2.45) is 11.3 Å². The number of nitrogens with zero attached hydrogens (tertiary/aromatic N) is 3. The number of hydrogen-bond acceptors (Lipinski definition) is 5. The molecule has 0 radical (unpaired) electrons. The molecule has 5 heteroatoms. The summed E-state index contributed by atoms with van der Waals surface area (Å²) < 4.78 is 0. The summed E-state index contributed by atoms with van der Waals surface area (Å²) >= 11 is 0. The van der Waals surface area contributed by atoms with Crippen LogP contribution in [-0.2, 0) is 6.42 Å². The smallest absolute Gasteiger partial charge is 0.148 e. The third-order valence-corrected chi connectivity index (χ3v) is 4.20. The third kappa shape index (κ3) is 3.39. The van der Waals surface area contributed by atoms with Gasteiger partial charge in [0.25, 0.3) is 0 Å². The Balaban J connectivity index is 2.27. The maximum atomic E-state index is 5.59. The molecule has 5 nitrogen and oxygen atoms in total. The van der Waals surface area contributed by atoms with Gasteiger partial charge in [0, 0.05) is 18.7 Å². The van der Waals surface area contributed by atoms with Crippen LogP contribution >= 0.6 is 0 Å². The van der Waals surface area contributed by atoms with E-state index in [0.717, 1.165) is 43.1 Å². The van der Waals surface area contributed by atoms with Crippen molar-refractivity contribution < 1.29 is 0 Å². The number of hydrazine groups is 1. The molecule has 0 aromatic carbocycles. The van der Waals surface area contributed by atoms with E-state index < -0.39 is 0 Å². The Morgan fingerprint density at radius 2 is 2.10 bits per heavy atom. The number of nitrogen functional groups attached to an aromatic ring is 1. The van der Waals surface area contributed by atoms with E-state index in [1.54, 1.807) is 6.33 Å². The van der Waals surface area contributed by atoms with Gasteiger partial charge >= 0.3 is 0 Å². The molecule has 0 amide bonds. The molecule has 1 fully saturated rings.